The maximum absolute atomic E-state index is 12.0. The molecule has 1 heterocycles. The minimum Gasteiger partial charge on any atom is -0.343 e. The van der Waals surface area contributed by atoms with Crippen molar-refractivity contribution in [3.8, 4) is 0 Å². The van der Waals surface area contributed by atoms with Crippen LogP contribution in [0.1, 0.15) is 51.9 Å². The summed E-state index contributed by atoms with van der Waals surface area (Å²) >= 11 is 0. The molecule has 118 valence electrons. The highest BCUT2D eigenvalue weighted by Gasteiger charge is 2.26. The zero-order valence-electron chi connectivity index (χ0n) is 12.1. The number of likely N-dealkylation sites (tertiary alicyclic amines) is 1. The minimum absolute atomic E-state index is 0.0199. The van der Waals surface area contributed by atoms with Crippen LogP contribution in [0.25, 0.3) is 0 Å². The van der Waals surface area contributed by atoms with Gasteiger partial charge in [-0.1, -0.05) is 0 Å². The van der Waals surface area contributed by atoms with Gasteiger partial charge in [-0.3, -0.25) is 4.79 Å². The standard InChI is InChI=1S/C14H25F3N2O/c1-12(6-5-8-14(15,16)17)18-9-7-13(20)19-10-3-2-4-11-19/h12,18H,2-11H2,1H3. The van der Waals surface area contributed by atoms with Gasteiger partial charge >= 0.3 is 6.18 Å². The van der Waals surface area contributed by atoms with Crippen molar-refractivity contribution in [2.24, 2.45) is 0 Å². The van der Waals surface area contributed by atoms with Crippen LogP contribution in [-0.2, 0) is 4.79 Å². The summed E-state index contributed by atoms with van der Waals surface area (Å²) < 4.78 is 36.0. The summed E-state index contributed by atoms with van der Waals surface area (Å²) in [6, 6.07) is 0.0199. The van der Waals surface area contributed by atoms with E-state index in [1.165, 1.54) is 6.42 Å². The van der Waals surface area contributed by atoms with E-state index in [4.69, 9.17) is 0 Å². The van der Waals surface area contributed by atoms with Crippen LogP contribution in [0.15, 0.2) is 0 Å². The van der Waals surface area contributed by atoms with Gasteiger partial charge in [-0.2, -0.15) is 13.2 Å². The van der Waals surface area contributed by atoms with Crippen molar-refractivity contribution in [2.75, 3.05) is 19.6 Å². The predicted octanol–water partition coefficient (Wildman–Crippen LogP) is 3.10. The molecule has 0 aromatic rings. The maximum Gasteiger partial charge on any atom is 0.389 e. The van der Waals surface area contributed by atoms with Crippen LogP contribution in [0.5, 0.6) is 0 Å². The number of nitrogens with one attached hydrogen (secondary N) is 1. The van der Waals surface area contributed by atoms with Crippen LogP contribution in [-0.4, -0.2) is 42.7 Å². The van der Waals surface area contributed by atoms with E-state index < -0.39 is 12.6 Å². The van der Waals surface area contributed by atoms with E-state index in [0.717, 1.165) is 25.9 Å². The molecule has 1 aliphatic heterocycles. The minimum atomic E-state index is -4.07. The molecule has 20 heavy (non-hydrogen) atoms. The first-order valence-corrected chi connectivity index (χ1v) is 7.46. The van der Waals surface area contributed by atoms with Crippen molar-refractivity contribution in [1.82, 2.24) is 10.2 Å². The average molecular weight is 294 g/mol. The Morgan fingerprint density at radius 1 is 1.25 bits per heavy atom. The van der Waals surface area contributed by atoms with E-state index in [0.29, 0.717) is 19.4 Å². The molecule has 1 saturated heterocycles. The fourth-order valence-electron chi connectivity index (χ4n) is 2.44. The fourth-order valence-corrected chi connectivity index (χ4v) is 2.44. The number of piperidine rings is 1. The molecule has 0 saturated carbocycles. The van der Waals surface area contributed by atoms with Gasteiger partial charge < -0.3 is 10.2 Å². The molecule has 0 aromatic carbocycles. The van der Waals surface area contributed by atoms with Crippen molar-refractivity contribution in [2.45, 2.75) is 64.1 Å². The number of carbonyl (C=O) groups is 1. The zero-order valence-corrected chi connectivity index (χ0v) is 12.1. The molecule has 1 amide bonds. The normalized spacial score (nSPS) is 18.1. The summed E-state index contributed by atoms with van der Waals surface area (Å²) in [6.07, 6.45) is -0.396. The van der Waals surface area contributed by atoms with Crippen molar-refractivity contribution < 1.29 is 18.0 Å². The third-order valence-electron chi connectivity index (χ3n) is 3.64. The second kappa shape index (κ2) is 8.49. The summed E-state index contributed by atoms with van der Waals surface area (Å²) in [5.41, 5.74) is 0. The first kappa shape index (κ1) is 17.3. The monoisotopic (exact) mass is 294 g/mol. The van der Waals surface area contributed by atoms with Crippen LogP contribution in [0, 0.1) is 0 Å². The largest absolute Gasteiger partial charge is 0.389 e. The number of rotatable bonds is 7. The van der Waals surface area contributed by atoms with E-state index in [2.05, 4.69) is 5.32 Å². The Balaban J connectivity index is 2.06. The second-order valence-electron chi connectivity index (χ2n) is 5.55. The number of nitrogens with zero attached hydrogens (tertiary/aromatic N) is 1. The first-order chi connectivity index (χ1) is 9.38. The quantitative estimate of drug-likeness (QED) is 0.782. The molecule has 1 atom stereocenters. The molecular weight excluding hydrogens is 269 g/mol. The van der Waals surface area contributed by atoms with Crippen LogP contribution in [0.4, 0.5) is 13.2 Å². The molecule has 1 N–H and O–H groups in total. The molecule has 6 heteroatoms. The van der Waals surface area contributed by atoms with E-state index >= 15 is 0 Å². The third-order valence-corrected chi connectivity index (χ3v) is 3.64. The first-order valence-electron chi connectivity index (χ1n) is 7.46. The number of hydrogen-bond acceptors (Lipinski definition) is 2. The highest BCUT2D eigenvalue weighted by atomic mass is 19.4. The summed E-state index contributed by atoms with van der Waals surface area (Å²) in [4.78, 5) is 13.8. The van der Waals surface area contributed by atoms with Crippen molar-refractivity contribution in [3.05, 3.63) is 0 Å². The van der Waals surface area contributed by atoms with Gasteiger partial charge in [0.15, 0.2) is 0 Å². The molecule has 1 unspecified atom stereocenters. The van der Waals surface area contributed by atoms with E-state index in [1.807, 2.05) is 11.8 Å². The van der Waals surface area contributed by atoms with E-state index in [-0.39, 0.29) is 18.4 Å². The molecule has 0 radical (unpaired) electrons. The van der Waals surface area contributed by atoms with Crippen LogP contribution < -0.4 is 5.32 Å². The SMILES string of the molecule is CC(CCCC(F)(F)F)NCCC(=O)N1CCCCC1. The topological polar surface area (TPSA) is 32.3 Å². The van der Waals surface area contributed by atoms with Gasteiger partial charge in [-0.25, -0.2) is 0 Å². The molecule has 0 aromatic heterocycles. The van der Waals surface area contributed by atoms with Gasteiger partial charge in [0.1, 0.15) is 0 Å². The van der Waals surface area contributed by atoms with Gasteiger partial charge in [-0.15, -0.1) is 0 Å². The van der Waals surface area contributed by atoms with Crippen molar-refractivity contribution >= 4 is 5.91 Å². The van der Waals surface area contributed by atoms with Gasteiger partial charge in [0.25, 0.3) is 0 Å². The fraction of sp³-hybridized carbons (Fsp3) is 0.929. The Morgan fingerprint density at radius 3 is 2.50 bits per heavy atom. The molecule has 0 bridgehead atoms. The molecule has 1 rings (SSSR count). The van der Waals surface area contributed by atoms with Gasteiger partial charge in [0.2, 0.25) is 5.91 Å². The average Bonchev–Trinajstić information content (AvgIpc) is 2.38. The Morgan fingerprint density at radius 2 is 1.90 bits per heavy atom. The summed E-state index contributed by atoms with van der Waals surface area (Å²) in [7, 11) is 0. The maximum atomic E-state index is 12.0. The lowest BCUT2D eigenvalue weighted by molar-refractivity contribution is -0.135. The van der Waals surface area contributed by atoms with Crippen LogP contribution >= 0.6 is 0 Å². The Kier molecular flexibility index (Phi) is 7.34. The number of halogens is 3. The molecule has 0 spiro atoms. The summed E-state index contributed by atoms with van der Waals surface area (Å²) in [5.74, 6) is 0.152. The van der Waals surface area contributed by atoms with E-state index in [9.17, 15) is 18.0 Å². The second-order valence-corrected chi connectivity index (χ2v) is 5.55. The van der Waals surface area contributed by atoms with Crippen molar-refractivity contribution in [3.63, 3.8) is 0 Å². The van der Waals surface area contributed by atoms with Crippen LogP contribution in [0.2, 0.25) is 0 Å². The van der Waals surface area contributed by atoms with E-state index in [1.54, 1.807) is 0 Å². The lowest BCUT2D eigenvalue weighted by Crippen LogP contribution is -2.38. The number of hydrogen-bond donors (Lipinski definition) is 1. The highest BCUT2D eigenvalue weighted by molar-refractivity contribution is 5.76. The number of amides is 1. The molecular formula is C14H25F3N2O. The summed E-state index contributed by atoms with van der Waals surface area (Å²) in [5, 5.41) is 3.12. The van der Waals surface area contributed by atoms with Gasteiger partial charge in [-0.05, 0) is 39.0 Å². The van der Waals surface area contributed by atoms with Gasteiger partial charge in [0, 0.05) is 38.5 Å². The molecule has 1 fully saturated rings. The smallest absolute Gasteiger partial charge is 0.343 e. The Bertz CT molecular complexity index is 289. The van der Waals surface area contributed by atoms with Crippen molar-refractivity contribution in [1.29, 1.82) is 0 Å². The Labute approximate surface area is 118 Å². The number of alkyl halides is 3. The lowest BCUT2D eigenvalue weighted by atomic mass is 10.1. The Hall–Kier alpha value is -0.780. The zero-order chi connectivity index (χ0) is 15.0. The third kappa shape index (κ3) is 7.72. The van der Waals surface area contributed by atoms with Gasteiger partial charge in [0.05, 0.1) is 0 Å². The number of carbonyl (C=O) groups excluding carboxylic acids is 1. The lowest BCUT2D eigenvalue weighted by Gasteiger charge is -2.27. The molecule has 1 aliphatic rings. The van der Waals surface area contributed by atoms with Crippen LogP contribution in [0.3, 0.4) is 0 Å². The highest BCUT2D eigenvalue weighted by Crippen LogP contribution is 2.22. The molecule has 0 aliphatic carbocycles. The molecule has 3 nitrogen and oxygen atoms in total. The summed E-state index contributed by atoms with van der Waals surface area (Å²) in [6.45, 7) is 4.10. The predicted molar refractivity (Wildman–Crippen MR) is 72.4 cm³/mol.